The molecule has 0 aromatic carbocycles. The molecule has 112 valence electrons. The van der Waals surface area contributed by atoms with Crippen molar-refractivity contribution in [2.24, 2.45) is 0 Å². The van der Waals surface area contributed by atoms with E-state index in [4.69, 9.17) is 8.85 Å². The topological polar surface area (TPSA) is 40.0 Å². The van der Waals surface area contributed by atoms with Gasteiger partial charge in [-0.25, -0.2) is 0 Å². The standard InChI is InChI=1S/C13H25FNO3Si/c1-12(2)7-6-8-13(3,4)15(12)10-19(5,14)17-9-11(16)18-19/h6-10H2,1-5H3/q-1/p+1. The van der Waals surface area contributed by atoms with Gasteiger partial charge in [0, 0.05) is 0 Å². The van der Waals surface area contributed by atoms with Crippen molar-refractivity contribution in [3.05, 3.63) is 0 Å². The third-order valence-corrected chi connectivity index (χ3v) is 7.45. The Bertz CT molecular complexity index is 393. The van der Waals surface area contributed by atoms with Crippen molar-refractivity contribution < 1.29 is 22.7 Å². The minimum absolute atomic E-state index is 0.0291. The summed E-state index contributed by atoms with van der Waals surface area (Å²) in [6.07, 6.45) is 3.43. The molecule has 1 N–H and O–H groups in total. The van der Waals surface area contributed by atoms with Crippen molar-refractivity contribution in [3.63, 3.8) is 0 Å². The molecule has 0 radical (unpaired) electrons. The summed E-state index contributed by atoms with van der Waals surface area (Å²) in [5.74, 6) is -0.564. The quantitative estimate of drug-likeness (QED) is 0.614. The molecular weight excluding hydrogens is 265 g/mol. The van der Waals surface area contributed by atoms with Crippen molar-refractivity contribution in [2.75, 3.05) is 12.8 Å². The predicted octanol–water partition coefficient (Wildman–Crippen LogP) is 1.22. The van der Waals surface area contributed by atoms with Gasteiger partial charge in [-0.05, 0) is 0 Å². The molecule has 2 aliphatic rings. The second kappa shape index (κ2) is 4.02. The second-order valence-electron chi connectivity index (χ2n) is 7.65. The number of carbonyl (C=O) groups is 1. The zero-order valence-corrected chi connectivity index (χ0v) is 13.6. The Balaban J connectivity index is 2.27. The van der Waals surface area contributed by atoms with Gasteiger partial charge in [0.15, 0.2) is 0 Å². The Morgan fingerprint density at radius 1 is 1.26 bits per heavy atom. The number of halogens is 1. The van der Waals surface area contributed by atoms with Crippen LogP contribution in [0.25, 0.3) is 0 Å². The molecule has 6 heteroatoms. The van der Waals surface area contributed by atoms with Gasteiger partial charge in [0.25, 0.3) is 0 Å². The fourth-order valence-corrected chi connectivity index (χ4v) is 6.80. The molecule has 2 fully saturated rings. The molecule has 0 unspecified atom stereocenters. The van der Waals surface area contributed by atoms with E-state index in [1.165, 1.54) is 6.55 Å². The average molecular weight is 291 g/mol. The van der Waals surface area contributed by atoms with Crippen LogP contribution in [0.5, 0.6) is 0 Å². The van der Waals surface area contributed by atoms with Crippen LogP contribution in [-0.2, 0) is 13.6 Å². The number of rotatable bonds is 2. The molecule has 2 rings (SSSR count). The molecule has 0 amide bonds. The van der Waals surface area contributed by atoms with Crippen molar-refractivity contribution in [2.45, 2.75) is 64.6 Å². The maximum absolute atomic E-state index is 15.2. The van der Waals surface area contributed by atoms with Crippen LogP contribution >= 0.6 is 0 Å². The summed E-state index contributed by atoms with van der Waals surface area (Å²) in [5.41, 5.74) is -0.0581. The third-order valence-electron chi connectivity index (χ3n) is 4.72. The molecule has 0 spiro atoms. The Kier molecular flexibility index (Phi) is 3.16. The Morgan fingerprint density at radius 3 is 2.21 bits per heavy atom. The van der Waals surface area contributed by atoms with Crippen molar-refractivity contribution in [1.29, 1.82) is 0 Å². The zero-order valence-electron chi connectivity index (χ0n) is 12.6. The van der Waals surface area contributed by atoms with Gasteiger partial charge in [-0.1, -0.05) is 0 Å². The summed E-state index contributed by atoms with van der Waals surface area (Å²) in [7, 11) is -4.55. The predicted molar refractivity (Wildman–Crippen MR) is 72.6 cm³/mol. The summed E-state index contributed by atoms with van der Waals surface area (Å²) in [5, 5.41) is 0. The van der Waals surface area contributed by atoms with Gasteiger partial charge < -0.3 is 0 Å². The average Bonchev–Trinajstić information content (AvgIpc) is 2.49. The van der Waals surface area contributed by atoms with Crippen molar-refractivity contribution >= 4 is 14.1 Å². The second-order valence-corrected chi connectivity index (χ2v) is 11.7. The van der Waals surface area contributed by atoms with E-state index in [9.17, 15) is 4.79 Å². The molecule has 4 nitrogen and oxygen atoms in total. The van der Waals surface area contributed by atoms with Gasteiger partial charge in [0.1, 0.15) is 0 Å². The van der Waals surface area contributed by atoms with Crippen LogP contribution in [-0.4, -0.2) is 38.0 Å². The SMILES string of the molecule is CC1(C)CCCC(C)(C)[NH+]1C[Si-]1(C)(F)OCC(=O)O1. The van der Waals surface area contributed by atoms with Crippen LogP contribution < -0.4 is 4.90 Å². The van der Waals surface area contributed by atoms with E-state index in [0.29, 0.717) is 0 Å². The van der Waals surface area contributed by atoms with Crippen LogP contribution in [0, 0.1) is 0 Å². The third kappa shape index (κ3) is 2.85. The maximum atomic E-state index is 15.2. The molecule has 0 saturated carbocycles. The number of quaternary nitrogens is 1. The van der Waals surface area contributed by atoms with Gasteiger partial charge in [-0.15, -0.1) is 0 Å². The molecular formula is C13H26FNO3Si. The van der Waals surface area contributed by atoms with E-state index in [2.05, 4.69) is 27.7 Å². The summed E-state index contributed by atoms with van der Waals surface area (Å²) < 4.78 is 25.4. The number of nitrogens with one attached hydrogen (secondary N) is 1. The van der Waals surface area contributed by atoms with Gasteiger partial charge in [0.2, 0.25) is 0 Å². The molecule has 19 heavy (non-hydrogen) atoms. The van der Waals surface area contributed by atoms with Gasteiger partial charge in [0.05, 0.1) is 0 Å². The number of likely N-dealkylation sites (tertiary alicyclic amines) is 1. The number of hydrogen-bond acceptors (Lipinski definition) is 3. The number of carbonyl (C=O) groups excluding carboxylic acids is 1. The van der Waals surface area contributed by atoms with Gasteiger partial charge >= 0.3 is 114 Å². The first-order chi connectivity index (χ1) is 8.43. The van der Waals surface area contributed by atoms with Crippen LogP contribution in [0.3, 0.4) is 0 Å². The van der Waals surface area contributed by atoms with Crippen molar-refractivity contribution in [1.82, 2.24) is 0 Å². The van der Waals surface area contributed by atoms with E-state index in [0.717, 1.165) is 24.2 Å². The van der Waals surface area contributed by atoms with Crippen LogP contribution in [0.15, 0.2) is 0 Å². The minimum atomic E-state index is -4.55. The van der Waals surface area contributed by atoms with Crippen LogP contribution in [0.1, 0.15) is 47.0 Å². The first-order valence-corrected chi connectivity index (χ1v) is 9.96. The van der Waals surface area contributed by atoms with E-state index >= 15 is 4.11 Å². The molecule has 2 aliphatic heterocycles. The summed E-state index contributed by atoms with van der Waals surface area (Å²) >= 11 is 0. The first-order valence-electron chi connectivity index (χ1n) is 7.06. The fourth-order valence-electron chi connectivity index (χ4n) is 3.73. The zero-order chi connectivity index (χ0) is 14.6. The molecule has 2 saturated heterocycles. The molecule has 0 aromatic heterocycles. The monoisotopic (exact) mass is 291 g/mol. The van der Waals surface area contributed by atoms with Gasteiger partial charge in [-0.3, -0.25) is 0 Å². The van der Waals surface area contributed by atoms with E-state index in [1.807, 2.05) is 0 Å². The molecule has 0 aliphatic carbocycles. The Morgan fingerprint density at radius 2 is 1.79 bits per heavy atom. The summed E-state index contributed by atoms with van der Waals surface area (Å²) in [6, 6.07) is 0. The fraction of sp³-hybridized carbons (Fsp3) is 0.923. The normalized spacial score (nSPS) is 34.2. The molecule has 0 bridgehead atoms. The Hall–Kier alpha value is -0.463. The van der Waals surface area contributed by atoms with E-state index in [-0.39, 0.29) is 23.9 Å². The Labute approximate surface area is 115 Å². The number of hydrogen-bond donors (Lipinski definition) is 1. The molecule has 2 heterocycles. The first kappa shape index (κ1) is 14.9. The molecule has 0 aromatic rings. The summed E-state index contributed by atoms with van der Waals surface area (Å²) in [4.78, 5) is 12.4. The van der Waals surface area contributed by atoms with Crippen LogP contribution in [0.4, 0.5) is 4.11 Å². The van der Waals surface area contributed by atoms with E-state index in [1.54, 1.807) is 0 Å². The summed E-state index contributed by atoms with van der Waals surface area (Å²) in [6.45, 7) is 9.77. The van der Waals surface area contributed by atoms with Gasteiger partial charge in [-0.2, -0.15) is 0 Å². The van der Waals surface area contributed by atoms with Crippen molar-refractivity contribution in [3.8, 4) is 0 Å². The number of piperidine rings is 1. The van der Waals surface area contributed by atoms with Crippen LogP contribution in [0.2, 0.25) is 6.55 Å². The molecule has 0 atom stereocenters. The van der Waals surface area contributed by atoms with E-state index < -0.39 is 14.1 Å².